The minimum absolute atomic E-state index is 0.120. The lowest BCUT2D eigenvalue weighted by atomic mass is 9.87. The van der Waals surface area contributed by atoms with E-state index in [2.05, 4.69) is 10.7 Å². The van der Waals surface area contributed by atoms with E-state index in [9.17, 15) is 19.2 Å². The van der Waals surface area contributed by atoms with Crippen LogP contribution >= 0.6 is 0 Å². The van der Waals surface area contributed by atoms with E-state index < -0.39 is 23.4 Å². The summed E-state index contributed by atoms with van der Waals surface area (Å²) < 4.78 is 4.77. The maximum absolute atomic E-state index is 13.0. The number of imide groups is 1. The molecule has 3 rings (SSSR count). The molecule has 156 valence electrons. The van der Waals surface area contributed by atoms with Crippen molar-refractivity contribution in [2.24, 2.45) is 5.92 Å². The molecule has 0 radical (unpaired) electrons. The second kappa shape index (κ2) is 8.60. The van der Waals surface area contributed by atoms with E-state index in [-0.39, 0.29) is 18.4 Å². The Balaban J connectivity index is 1.60. The molecule has 29 heavy (non-hydrogen) atoms. The van der Waals surface area contributed by atoms with Crippen LogP contribution in [0.3, 0.4) is 0 Å². The predicted octanol–water partition coefficient (Wildman–Crippen LogP) is -0.657. The van der Waals surface area contributed by atoms with E-state index in [0.717, 1.165) is 9.91 Å². The first-order valence-electron chi connectivity index (χ1n) is 9.84. The highest BCUT2D eigenvalue weighted by molar-refractivity contribution is 6.08. The van der Waals surface area contributed by atoms with Crippen LogP contribution in [0.1, 0.15) is 31.7 Å². The average Bonchev–Trinajstić information content (AvgIpc) is 2.99. The third-order valence-corrected chi connectivity index (χ3v) is 5.76. The summed E-state index contributed by atoms with van der Waals surface area (Å²) in [5.41, 5.74) is 1.94. The summed E-state index contributed by atoms with van der Waals surface area (Å²) >= 11 is 0. The molecular weight excluding hydrogens is 376 g/mol. The lowest BCUT2D eigenvalue weighted by Gasteiger charge is -2.28. The zero-order valence-electron chi connectivity index (χ0n) is 16.7. The molecule has 0 aromatic heterocycles. The quantitative estimate of drug-likeness (QED) is 0.432. The number of hydrazine groups is 1. The number of benzene rings is 1. The molecule has 1 atom stereocenters. The summed E-state index contributed by atoms with van der Waals surface area (Å²) in [6.07, 6.45) is 1.65. The molecule has 0 unspecified atom stereocenters. The molecule has 0 saturated carbocycles. The number of urea groups is 1. The first-order chi connectivity index (χ1) is 13.9. The maximum atomic E-state index is 13.0. The fraction of sp³-hybridized carbons (Fsp3) is 0.500. The van der Waals surface area contributed by atoms with E-state index in [0.29, 0.717) is 37.9 Å². The monoisotopic (exact) mass is 403 g/mol. The number of methoxy groups -OCH3 is 1. The number of hydrogen-bond donors (Lipinski definition) is 3. The standard InChI is InChI=1S/C20H26N4O5/c1-3-20(15-7-5-4-6-8-15)18(27)24(19(28)21-20)22-16(25)13-23-11-9-14(10-12-23)17(26)29-2/h4-8,14H,3,9-13H2,1-2H3,(H,21,28)(H,22,25)/p+1/t20-/m1/s1. The summed E-state index contributed by atoms with van der Waals surface area (Å²) in [7, 11) is 1.37. The summed E-state index contributed by atoms with van der Waals surface area (Å²) in [6, 6.07) is 8.35. The Bertz CT molecular complexity index is 791. The van der Waals surface area contributed by atoms with Gasteiger partial charge in [-0.25, -0.2) is 4.79 Å². The van der Waals surface area contributed by atoms with Crippen LogP contribution in [0.2, 0.25) is 0 Å². The predicted molar refractivity (Wildman–Crippen MR) is 102 cm³/mol. The number of rotatable bonds is 6. The van der Waals surface area contributed by atoms with Gasteiger partial charge < -0.3 is 15.0 Å². The lowest BCUT2D eigenvalue weighted by molar-refractivity contribution is -0.897. The molecule has 0 bridgehead atoms. The van der Waals surface area contributed by atoms with Gasteiger partial charge in [0.25, 0.3) is 11.8 Å². The van der Waals surface area contributed by atoms with Crippen molar-refractivity contribution >= 4 is 23.8 Å². The van der Waals surface area contributed by atoms with Gasteiger partial charge in [-0.3, -0.25) is 19.8 Å². The second-order valence-electron chi connectivity index (χ2n) is 7.45. The Morgan fingerprint density at radius 1 is 1.24 bits per heavy atom. The number of esters is 1. The number of ether oxygens (including phenoxy) is 1. The van der Waals surface area contributed by atoms with Crippen molar-refractivity contribution in [2.75, 3.05) is 26.7 Å². The van der Waals surface area contributed by atoms with Gasteiger partial charge in [-0.1, -0.05) is 37.3 Å². The average molecular weight is 403 g/mol. The maximum Gasteiger partial charge on any atom is 0.344 e. The van der Waals surface area contributed by atoms with Crippen molar-refractivity contribution in [2.45, 2.75) is 31.7 Å². The molecule has 2 fully saturated rings. The third-order valence-electron chi connectivity index (χ3n) is 5.76. The number of carbonyl (C=O) groups excluding carboxylic acids is 4. The van der Waals surface area contributed by atoms with Crippen LogP contribution in [0.15, 0.2) is 30.3 Å². The molecule has 1 aromatic rings. The molecule has 1 aromatic carbocycles. The van der Waals surface area contributed by atoms with Crippen molar-refractivity contribution in [1.29, 1.82) is 0 Å². The second-order valence-corrected chi connectivity index (χ2v) is 7.45. The van der Waals surface area contributed by atoms with Gasteiger partial charge in [0.1, 0.15) is 5.54 Å². The fourth-order valence-electron chi connectivity index (χ4n) is 4.04. The first-order valence-corrected chi connectivity index (χ1v) is 9.84. The largest absolute Gasteiger partial charge is 0.469 e. The molecule has 9 nitrogen and oxygen atoms in total. The van der Waals surface area contributed by atoms with E-state index in [1.807, 2.05) is 13.0 Å². The van der Waals surface area contributed by atoms with Gasteiger partial charge in [0, 0.05) is 12.8 Å². The Kier molecular flexibility index (Phi) is 6.17. The van der Waals surface area contributed by atoms with Crippen molar-refractivity contribution in [3.05, 3.63) is 35.9 Å². The summed E-state index contributed by atoms with van der Waals surface area (Å²) in [4.78, 5) is 50.5. The first kappa shape index (κ1) is 20.8. The van der Waals surface area contributed by atoms with E-state index in [1.165, 1.54) is 7.11 Å². The number of nitrogens with one attached hydrogen (secondary N) is 3. The van der Waals surface area contributed by atoms with E-state index >= 15 is 0 Å². The van der Waals surface area contributed by atoms with Gasteiger partial charge in [0.05, 0.1) is 26.1 Å². The highest BCUT2D eigenvalue weighted by Crippen LogP contribution is 2.31. The van der Waals surface area contributed by atoms with Crippen LogP contribution in [0.5, 0.6) is 0 Å². The summed E-state index contributed by atoms with van der Waals surface area (Å²) in [5, 5.41) is 3.51. The van der Waals surface area contributed by atoms with Crippen LogP contribution in [0.25, 0.3) is 0 Å². The number of likely N-dealkylation sites (tertiary alicyclic amines) is 1. The van der Waals surface area contributed by atoms with Crippen molar-refractivity contribution in [3.8, 4) is 0 Å². The van der Waals surface area contributed by atoms with Crippen LogP contribution in [-0.4, -0.2) is 55.6 Å². The number of amides is 4. The molecule has 0 spiro atoms. The fourth-order valence-corrected chi connectivity index (χ4v) is 4.04. The normalized spacial score (nSPS) is 26.8. The zero-order chi connectivity index (χ0) is 21.0. The lowest BCUT2D eigenvalue weighted by Crippen LogP contribution is -3.14. The van der Waals surface area contributed by atoms with Gasteiger partial charge in [-0.2, -0.15) is 5.01 Å². The van der Waals surface area contributed by atoms with Gasteiger partial charge in [-0.05, 0) is 12.0 Å². The van der Waals surface area contributed by atoms with Crippen molar-refractivity contribution in [3.63, 3.8) is 0 Å². The molecular formula is C20H27N4O5+. The Morgan fingerprint density at radius 2 is 1.90 bits per heavy atom. The van der Waals surface area contributed by atoms with Crippen LogP contribution in [0, 0.1) is 5.92 Å². The topological polar surface area (TPSA) is 109 Å². The van der Waals surface area contributed by atoms with E-state index in [4.69, 9.17) is 4.74 Å². The molecule has 2 aliphatic heterocycles. The molecule has 2 aliphatic rings. The summed E-state index contributed by atoms with van der Waals surface area (Å²) in [5.74, 6) is -1.26. The Labute approximate surface area is 169 Å². The minimum Gasteiger partial charge on any atom is -0.469 e. The molecule has 0 aliphatic carbocycles. The van der Waals surface area contributed by atoms with E-state index in [1.54, 1.807) is 24.3 Å². The van der Waals surface area contributed by atoms with Gasteiger partial charge >= 0.3 is 12.0 Å². The van der Waals surface area contributed by atoms with Crippen LogP contribution in [-0.2, 0) is 24.7 Å². The number of quaternary nitrogens is 1. The van der Waals surface area contributed by atoms with Crippen molar-refractivity contribution < 1.29 is 28.8 Å². The molecule has 4 amide bonds. The highest BCUT2D eigenvalue weighted by Gasteiger charge is 2.52. The number of hydrogen-bond acceptors (Lipinski definition) is 5. The Hall–Kier alpha value is -2.94. The van der Waals surface area contributed by atoms with Gasteiger partial charge in [0.15, 0.2) is 6.54 Å². The van der Waals surface area contributed by atoms with Crippen molar-refractivity contribution in [1.82, 2.24) is 15.8 Å². The zero-order valence-corrected chi connectivity index (χ0v) is 16.7. The summed E-state index contributed by atoms with van der Waals surface area (Å²) in [6.45, 7) is 3.23. The molecule has 9 heteroatoms. The Morgan fingerprint density at radius 3 is 2.48 bits per heavy atom. The SMILES string of the molecule is CC[C@]1(c2ccccc2)NC(=O)N(NC(=O)C[NH+]2CCC(C(=O)OC)CC2)C1=O. The van der Waals surface area contributed by atoms with Gasteiger partial charge in [0.2, 0.25) is 0 Å². The van der Waals surface area contributed by atoms with Crippen LogP contribution < -0.4 is 15.6 Å². The smallest absolute Gasteiger partial charge is 0.344 e. The van der Waals surface area contributed by atoms with Gasteiger partial charge in [-0.15, -0.1) is 0 Å². The number of nitrogens with zero attached hydrogens (tertiary/aromatic N) is 1. The molecule has 2 saturated heterocycles. The minimum atomic E-state index is -1.18. The number of piperidine rings is 1. The molecule has 3 N–H and O–H groups in total. The number of carbonyl (C=O) groups is 4. The molecule has 2 heterocycles. The third kappa shape index (κ3) is 4.09. The highest BCUT2D eigenvalue weighted by atomic mass is 16.5. The van der Waals surface area contributed by atoms with Crippen LogP contribution in [0.4, 0.5) is 4.79 Å².